The van der Waals surface area contributed by atoms with Crippen LogP contribution in [0.1, 0.15) is 16.4 Å². The van der Waals surface area contributed by atoms with Crippen molar-refractivity contribution in [1.29, 1.82) is 0 Å². The van der Waals surface area contributed by atoms with Gasteiger partial charge in [0, 0.05) is 0 Å². The van der Waals surface area contributed by atoms with Crippen molar-refractivity contribution in [2.45, 2.75) is 6.92 Å². The van der Waals surface area contributed by atoms with Gasteiger partial charge in [-0.2, -0.15) is 4.98 Å². The molecule has 2 rings (SSSR count). The Balaban J connectivity index is 2.46. The maximum Gasteiger partial charge on any atom is 0.291 e. The molecule has 0 spiro atoms. The number of hydrogen-bond donors (Lipinski definition) is 0. The normalized spacial score (nSPS) is 10.2. The molecule has 0 radical (unpaired) electrons. The van der Waals surface area contributed by atoms with Gasteiger partial charge in [0.1, 0.15) is 5.76 Å². The summed E-state index contributed by atoms with van der Waals surface area (Å²) >= 11 is 0. The molecule has 0 fully saturated rings. The topological polar surface area (TPSA) is 69.1 Å². The van der Waals surface area contributed by atoms with Gasteiger partial charge in [-0.3, -0.25) is 4.79 Å². The zero-order valence-corrected chi connectivity index (χ0v) is 6.85. The molecular weight excluding hydrogens is 172 g/mol. The van der Waals surface area contributed by atoms with Crippen LogP contribution in [0.2, 0.25) is 0 Å². The van der Waals surface area contributed by atoms with Crippen LogP contribution in [-0.4, -0.2) is 16.4 Å². The standard InChI is InChI=1S/C8H6N2O3/c1-5-6(2-3-12-5)8-9-7(4-11)13-10-8/h2-4H,1H3. The van der Waals surface area contributed by atoms with Gasteiger partial charge in [-0.1, -0.05) is 5.16 Å². The fraction of sp³-hybridized carbons (Fsp3) is 0.125. The van der Waals surface area contributed by atoms with Crippen LogP contribution in [0.4, 0.5) is 0 Å². The Labute approximate surface area is 73.4 Å². The van der Waals surface area contributed by atoms with Crippen LogP contribution in [0.15, 0.2) is 21.3 Å². The molecule has 5 heteroatoms. The van der Waals surface area contributed by atoms with E-state index in [4.69, 9.17) is 4.42 Å². The summed E-state index contributed by atoms with van der Waals surface area (Å²) in [6.45, 7) is 1.78. The number of aromatic nitrogens is 2. The number of carbonyl (C=O) groups excluding carboxylic acids is 1. The molecule has 0 saturated carbocycles. The Kier molecular flexibility index (Phi) is 1.70. The van der Waals surface area contributed by atoms with Gasteiger partial charge >= 0.3 is 0 Å². The second-order valence-electron chi connectivity index (χ2n) is 2.46. The molecule has 0 aromatic carbocycles. The van der Waals surface area contributed by atoms with E-state index in [0.717, 1.165) is 5.56 Å². The van der Waals surface area contributed by atoms with Gasteiger partial charge in [0.2, 0.25) is 12.1 Å². The molecule has 0 amide bonds. The first-order valence-electron chi connectivity index (χ1n) is 3.64. The Morgan fingerprint density at radius 3 is 2.92 bits per heavy atom. The van der Waals surface area contributed by atoms with E-state index in [1.54, 1.807) is 13.0 Å². The molecule has 13 heavy (non-hydrogen) atoms. The molecule has 5 nitrogen and oxygen atoms in total. The van der Waals surface area contributed by atoms with E-state index in [0.29, 0.717) is 17.9 Å². The van der Waals surface area contributed by atoms with Gasteiger partial charge in [-0.15, -0.1) is 0 Å². The van der Waals surface area contributed by atoms with E-state index in [9.17, 15) is 4.79 Å². The van der Waals surface area contributed by atoms with Crippen molar-refractivity contribution >= 4 is 6.29 Å². The third-order valence-electron chi connectivity index (χ3n) is 1.64. The highest BCUT2D eigenvalue weighted by Gasteiger charge is 2.11. The van der Waals surface area contributed by atoms with Gasteiger partial charge in [-0.05, 0) is 13.0 Å². The van der Waals surface area contributed by atoms with Crippen LogP contribution >= 0.6 is 0 Å². The zero-order valence-electron chi connectivity index (χ0n) is 6.85. The average molecular weight is 178 g/mol. The highest BCUT2D eigenvalue weighted by Crippen LogP contribution is 2.20. The molecular formula is C8H6N2O3. The molecule has 0 saturated heterocycles. The van der Waals surface area contributed by atoms with Gasteiger partial charge < -0.3 is 8.94 Å². The summed E-state index contributed by atoms with van der Waals surface area (Å²) in [6, 6.07) is 1.72. The van der Waals surface area contributed by atoms with Crippen LogP contribution in [0, 0.1) is 6.92 Å². The molecule has 0 atom stereocenters. The summed E-state index contributed by atoms with van der Waals surface area (Å²) in [4.78, 5) is 14.1. The van der Waals surface area contributed by atoms with E-state index in [1.807, 2.05) is 0 Å². The molecule has 0 aliphatic carbocycles. The lowest BCUT2D eigenvalue weighted by Gasteiger charge is -1.86. The highest BCUT2D eigenvalue weighted by molar-refractivity contribution is 5.69. The van der Waals surface area contributed by atoms with Crippen molar-refractivity contribution in [3.05, 3.63) is 24.0 Å². The molecule has 0 bridgehead atoms. The fourth-order valence-electron chi connectivity index (χ4n) is 1.01. The van der Waals surface area contributed by atoms with Crippen molar-refractivity contribution in [1.82, 2.24) is 10.1 Å². The summed E-state index contributed by atoms with van der Waals surface area (Å²) in [5.74, 6) is 1.03. The van der Waals surface area contributed by atoms with Crippen LogP contribution in [0.3, 0.4) is 0 Å². The fourth-order valence-corrected chi connectivity index (χ4v) is 1.01. The van der Waals surface area contributed by atoms with E-state index in [1.165, 1.54) is 6.26 Å². The van der Waals surface area contributed by atoms with E-state index in [2.05, 4.69) is 14.7 Å². The van der Waals surface area contributed by atoms with Crippen molar-refractivity contribution in [2.75, 3.05) is 0 Å². The minimum absolute atomic E-state index is 0.0319. The Hall–Kier alpha value is -1.91. The van der Waals surface area contributed by atoms with Gasteiger partial charge in [-0.25, -0.2) is 0 Å². The summed E-state index contributed by atoms with van der Waals surface area (Å²) in [7, 11) is 0. The smallest absolute Gasteiger partial charge is 0.291 e. The zero-order chi connectivity index (χ0) is 9.26. The Bertz CT molecular complexity index is 430. The lowest BCUT2D eigenvalue weighted by molar-refractivity contribution is 0.108. The summed E-state index contributed by atoms with van der Waals surface area (Å²) in [5, 5.41) is 3.61. The monoisotopic (exact) mass is 178 g/mol. The van der Waals surface area contributed by atoms with E-state index in [-0.39, 0.29) is 5.89 Å². The van der Waals surface area contributed by atoms with Crippen LogP contribution < -0.4 is 0 Å². The first kappa shape index (κ1) is 7.72. The number of carbonyl (C=O) groups is 1. The van der Waals surface area contributed by atoms with E-state index >= 15 is 0 Å². The number of hydrogen-bond acceptors (Lipinski definition) is 5. The van der Waals surface area contributed by atoms with Crippen molar-refractivity contribution < 1.29 is 13.7 Å². The second-order valence-corrected chi connectivity index (χ2v) is 2.46. The first-order valence-corrected chi connectivity index (χ1v) is 3.64. The quantitative estimate of drug-likeness (QED) is 0.651. The van der Waals surface area contributed by atoms with Gasteiger partial charge in [0.05, 0.1) is 11.8 Å². The Morgan fingerprint density at radius 1 is 1.54 bits per heavy atom. The lowest BCUT2D eigenvalue weighted by atomic mass is 10.2. The number of rotatable bonds is 2. The summed E-state index contributed by atoms with van der Waals surface area (Å²) in [5.41, 5.74) is 0.733. The largest absolute Gasteiger partial charge is 0.469 e. The summed E-state index contributed by atoms with van der Waals surface area (Å²) < 4.78 is 9.67. The SMILES string of the molecule is Cc1occc1-c1noc(C=O)n1. The van der Waals surface area contributed by atoms with Crippen LogP contribution in [0.5, 0.6) is 0 Å². The minimum atomic E-state index is -0.0319. The van der Waals surface area contributed by atoms with Crippen LogP contribution in [-0.2, 0) is 0 Å². The molecule has 2 aromatic heterocycles. The third kappa shape index (κ3) is 1.24. The highest BCUT2D eigenvalue weighted by atomic mass is 16.5. The molecule has 0 aliphatic heterocycles. The third-order valence-corrected chi connectivity index (χ3v) is 1.64. The molecule has 0 aliphatic rings. The number of furan rings is 1. The molecule has 2 aromatic rings. The lowest BCUT2D eigenvalue weighted by Crippen LogP contribution is -1.81. The molecule has 66 valence electrons. The van der Waals surface area contributed by atoms with Gasteiger partial charge in [0.25, 0.3) is 5.89 Å². The van der Waals surface area contributed by atoms with Crippen molar-refractivity contribution in [3.63, 3.8) is 0 Å². The van der Waals surface area contributed by atoms with Crippen LogP contribution in [0.25, 0.3) is 11.4 Å². The van der Waals surface area contributed by atoms with Gasteiger partial charge in [0.15, 0.2) is 0 Å². The number of aryl methyl sites for hydroxylation is 1. The second kappa shape index (κ2) is 2.85. The maximum atomic E-state index is 10.3. The minimum Gasteiger partial charge on any atom is -0.469 e. The predicted octanol–water partition coefficient (Wildman–Crippen LogP) is 1.45. The average Bonchev–Trinajstić information content (AvgIpc) is 2.71. The Morgan fingerprint density at radius 2 is 2.38 bits per heavy atom. The first-order chi connectivity index (χ1) is 6.31. The molecule has 2 heterocycles. The maximum absolute atomic E-state index is 10.3. The van der Waals surface area contributed by atoms with Crippen molar-refractivity contribution in [3.8, 4) is 11.4 Å². The van der Waals surface area contributed by atoms with E-state index < -0.39 is 0 Å². The number of nitrogens with zero attached hydrogens (tertiary/aromatic N) is 2. The predicted molar refractivity (Wildman–Crippen MR) is 42.1 cm³/mol. The van der Waals surface area contributed by atoms with Crippen molar-refractivity contribution in [2.24, 2.45) is 0 Å². The molecule has 0 unspecified atom stereocenters. The number of aldehydes is 1. The summed E-state index contributed by atoms with van der Waals surface area (Å²) in [6.07, 6.45) is 2.04. The molecule has 0 N–H and O–H groups in total.